The van der Waals surface area contributed by atoms with Crippen LogP contribution >= 0.6 is 27.5 Å². The summed E-state index contributed by atoms with van der Waals surface area (Å²) in [7, 11) is 0. The second-order valence-corrected chi connectivity index (χ2v) is 5.58. The monoisotopic (exact) mass is 340 g/mol. The molecule has 0 bridgehead atoms. The summed E-state index contributed by atoms with van der Waals surface area (Å²) in [5.74, 6) is 0. The van der Waals surface area contributed by atoms with Crippen LogP contribution in [-0.4, -0.2) is 16.1 Å². The van der Waals surface area contributed by atoms with Crippen molar-refractivity contribution in [2.45, 2.75) is 26.3 Å². The number of nitrogens with zero attached hydrogens (tertiary/aromatic N) is 2. The summed E-state index contributed by atoms with van der Waals surface area (Å²) in [4.78, 5) is 11.1. The Morgan fingerprint density at radius 1 is 1.37 bits per heavy atom. The first-order chi connectivity index (χ1) is 9.15. The maximum atomic E-state index is 11.1. The molecule has 0 N–H and O–H groups in total. The fourth-order valence-corrected chi connectivity index (χ4v) is 2.42. The van der Waals surface area contributed by atoms with Crippen molar-refractivity contribution in [3.8, 4) is 0 Å². The van der Waals surface area contributed by atoms with Crippen LogP contribution < -0.4 is 0 Å². The maximum Gasteiger partial charge on any atom is 0.155 e. The summed E-state index contributed by atoms with van der Waals surface area (Å²) in [5, 5.41) is 4.85. The molecule has 0 unspecified atom stereocenters. The third-order valence-electron chi connectivity index (χ3n) is 2.85. The van der Waals surface area contributed by atoms with Gasteiger partial charge in [-0.1, -0.05) is 53.0 Å². The molecule has 19 heavy (non-hydrogen) atoms. The number of aromatic nitrogens is 2. The van der Waals surface area contributed by atoms with E-state index in [-0.39, 0.29) is 0 Å². The average molecular weight is 342 g/mol. The molecule has 0 spiro atoms. The Labute approximate surface area is 125 Å². The minimum atomic E-state index is 0.418. The molecule has 100 valence electrons. The second-order valence-electron chi connectivity index (χ2n) is 4.30. The number of benzene rings is 1. The van der Waals surface area contributed by atoms with Gasteiger partial charge >= 0.3 is 0 Å². The van der Waals surface area contributed by atoms with E-state index in [0.717, 1.165) is 34.9 Å². The highest BCUT2D eigenvalue weighted by Gasteiger charge is 2.15. The first-order valence-electron chi connectivity index (χ1n) is 6.10. The molecule has 5 heteroatoms. The number of halogens is 2. The van der Waals surface area contributed by atoms with E-state index in [2.05, 4.69) is 28.0 Å². The lowest BCUT2D eigenvalue weighted by Crippen LogP contribution is -2.02. The van der Waals surface area contributed by atoms with Crippen molar-refractivity contribution in [2.24, 2.45) is 0 Å². The van der Waals surface area contributed by atoms with Gasteiger partial charge in [-0.2, -0.15) is 5.10 Å². The summed E-state index contributed by atoms with van der Waals surface area (Å²) in [6.45, 7) is 2.62. The van der Waals surface area contributed by atoms with Gasteiger partial charge in [-0.15, -0.1) is 0 Å². The molecule has 0 saturated carbocycles. The quantitative estimate of drug-likeness (QED) is 0.767. The number of carbonyl (C=O) groups is 1. The standard InChI is InChI=1S/C14H14BrClN2O/c1-2-3-13-12(9-19)14(16)18(17-13)8-10-4-6-11(15)7-5-10/h4-7,9H,2-3,8H2,1H3. The fraction of sp³-hybridized carbons (Fsp3) is 0.286. The van der Waals surface area contributed by atoms with Gasteiger partial charge < -0.3 is 0 Å². The molecular formula is C14H14BrClN2O. The zero-order chi connectivity index (χ0) is 13.8. The first-order valence-corrected chi connectivity index (χ1v) is 7.27. The number of carbonyl (C=O) groups excluding carboxylic acids is 1. The molecule has 0 amide bonds. The van der Waals surface area contributed by atoms with Crippen LogP contribution in [0.5, 0.6) is 0 Å². The molecule has 2 aromatic rings. The zero-order valence-electron chi connectivity index (χ0n) is 10.6. The van der Waals surface area contributed by atoms with Crippen LogP contribution in [0.1, 0.15) is 35.0 Å². The SMILES string of the molecule is CCCc1nn(Cc2ccc(Br)cc2)c(Cl)c1C=O. The van der Waals surface area contributed by atoms with Crippen LogP contribution in [0.2, 0.25) is 5.15 Å². The van der Waals surface area contributed by atoms with E-state index in [4.69, 9.17) is 11.6 Å². The summed E-state index contributed by atoms with van der Waals surface area (Å²) >= 11 is 9.60. The molecular weight excluding hydrogens is 328 g/mol. The van der Waals surface area contributed by atoms with Gasteiger partial charge in [0.2, 0.25) is 0 Å². The molecule has 0 aliphatic rings. The summed E-state index contributed by atoms with van der Waals surface area (Å²) in [6, 6.07) is 7.95. The number of rotatable bonds is 5. The lowest BCUT2D eigenvalue weighted by atomic mass is 10.2. The van der Waals surface area contributed by atoms with E-state index in [9.17, 15) is 4.79 Å². The van der Waals surface area contributed by atoms with Crippen molar-refractivity contribution in [1.82, 2.24) is 9.78 Å². The normalized spacial score (nSPS) is 10.7. The van der Waals surface area contributed by atoms with Gasteiger partial charge in [-0.25, -0.2) is 4.68 Å². The van der Waals surface area contributed by atoms with Crippen molar-refractivity contribution in [3.05, 3.63) is 50.7 Å². The Morgan fingerprint density at radius 2 is 2.05 bits per heavy atom. The molecule has 0 fully saturated rings. The topological polar surface area (TPSA) is 34.9 Å². The van der Waals surface area contributed by atoms with E-state index in [1.54, 1.807) is 4.68 Å². The molecule has 3 nitrogen and oxygen atoms in total. The highest BCUT2D eigenvalue weighted by Crippen LogP contribution is 2.21. The number of hydrogen-bond acceptors (Lipinski definition) is 2. The van der Waals surface area contributed by atoms with Crippen LogP contribution in [0, 0.1) is 0 Å². The van der Waals surface area contributed by atoms with E-state index in [1.807, 2.05) is 24.3 Å². The summed E-state index contributed by atoms with van der Waals surface area (Å²) in [5.41, 5.74) is 2.38. The predicted molar refractivity (Wildman–Crippen MR) is 79.9 cm³/mol. The smallest absolute Gasteiger partial charge is 0.155 e. The largest absolute Gasteiger partial charge is 0.298 e. The van der Waals surface area contributed by atoms with Crippen molar-refractivity contribution >= 4 is 33.8 Å². The minimum absolute atomic E-state index is 0.418. The van der Waals surface area contributed by atoms with Crippen molar-refractivity contribution < 1.29 is 4.79 Å². The average Bonchev–Trinajstić information content (AvgIpc) is 2.69. The number of hydrogen-bond donors (Lipinski definition) is 0. The molecule has 1 aromatic heterocycles. The molecule has 0 aliphatic carbocycles. The minimum Gasteiger partial charge on any atom is -0.298 e. The molecule has 1 heterocycles. The van der Waals surface area contributed by atoms with E-state index in [1.165, 1.54) is 0 Å². The third kappa shape index (κ3) is 3.25. The van der Waals surface area contributed by atoms with Crippen molar-refractivity contribution in [2.75, 3.05) is 0 Å². The Morgan fingerprint density at radius 3 is 2.63 bits per heavy atom. The Balaban J connectivity index is 2.29. The highest BCUT2D eigenvalue weighted by molar-refractivity contribution is 9.10. The molecule has 0 aliphatic heterocycles. The Bertz CT molecular complexity index is 578. The molecule has 0 saturated heterocycles. The molecule has 0 radical (unpaired) electrons. The Kier molecular flexibility index (Phi) is 4.77. The molecule has 1 aromatic carbocycles. The van der Waals surface area contributed by atoms with Crippen LogP contribution in [0.25, 0.3) is 0 Å². The van der Waals surface area contributed by atoms with Gasteiger partial charge in [0.25, 0.3) is 0 Å². The highest BCUT2D eigenvalue weighted by atomic mass is 79.9. The number of aryl methyl sites for hydroxylation is 1. The van der Waals surface area contributed by atoms with E-state index < -0.39 is 0 Å². The van der Waals surface area contributed by atoms with Gasteiger partial charge in [0.15, 0.2) is 6.29 Å². The van der Waals surface area contributed by atoms with Gasteiger partial charge in [-0.05, 0) is 24.1 Å². The van der Waals surface area contributed by atoms with Crippen LogP contribution in [-0.2, 0) is 13.0 Å². The summed E-state index contributed by atoms with van der Waals surface area (Å²) in [6.07, 6.45) is 2.49. The Hall–Kier alpha value is -1.13. The second kappa shape index (κ2) is 6.35. The number of aldehydes is 1. The van der Waals surface area contributed by atoms with Crippen LogP contribution in [0.3, 0.4) is 0 Å². The zero-order valence-corrected chi connectivity index (χ0v) is 12.9. The maximum absolute atomic E-state index is 11.1. The van der Waals surface area contributed by atoms with E-state index >= 15 is 0 Å². The van der Waals surface area contributed by atoms with Crippen LogP contribution in [0.4, 0.5) is 0 Å². The first kappa shape index (κ1) is 14.3. The van der Waals surface area contributed by atoms with Gasteiger partial charge in [0.05, 0.1) is 17.8 Å². The van der Waals surface area contributed by atoms with Crippen molar-refractivity contribution in [1.29, 1.82) is 0 Å². The van der Waals surface area contributed by atoms with Gasteiger partial charge in [0, 0.05) is 4.47 Å². The molecule has 0 atom stereocenters. The van der Waals surface area contributed by atoms with E-state index in [0.29, 0.717) is 17.3 Å². The summed E-state index contributed by atoms with van der Waals surface area (Å²) < 4.78 is 2.71. The van der Waals surface area contributed by atoms with Gasteiger partial charge in [0.1, 0.15) is 5.15 Å². The van der Waals surface area contributed by atoms with Gasteiger partial charge in [-0.3, -0.25) is 4.79 Å². The fourth-order valence-electron chi connectivity index (χ4n) is 1.91. The van der Waals surface area contributed by atoms with Crippen molar-refractivity contribution in [3.63, 3.8) is 0 Å². The molecule has 2 rings (SSSR count). The lowest BCUT2D eigenvalue weighted by molar-refractivity contribution is 0.112. The van der Waals surface area contributed by atoms with Crippen LogP contribution in [0.15, 0.2) is 28.7 Å². The third-order valence-corrected chi connectivity index (χ3v) is 3.78. The predicted octanol–water partition coefficient (Wildman–Crippen LogP) is 4.11. The lowest BCUT2D eigenvalue weighted by Gasteiger charge is -2.03.